The van der Waals surface area contributed by atoms with Crippen molar-refractivity contribution in [3.63, 3.8) is 0 Å². The van der Waals surface area contributed by atoms with Crippen molar-refractivity contribution in [1.29, 1.82) is 0 Å². The number of aromatic hydroxyl groups is 1. The van der Waals surface area contributed by atoms with Crippen LogP contribution in [0.3, 0.4) is 0 Å². The van der Waals surface area contributed by atoms with Crippen molar-refractivity contribution in [2.45, 2.75) is 18.4 Å². The molecule has 0 saturated carbocycles. The van der Waals surface area contributed by atoms with E-state index in [-0.39, 0.29) is 5.75 Å². The quantitative estimate of drug-likeness (QED) is 0.347. The van der Waals surface area contributed by atoms with Crippen molar-refractivity contribution < 1.29 is 5.11 Å². The number of benzene rings is 3. The molecule has 0 fully saturated rings. The molecule has 1 heterocycles. The van der Waals surface area contributed by atoms with E-state index in [1.165, 1.54) is 16.8 Å². The Balaban J connectivity index is 1.38. The average Bonchev–Trinajstić information content (AvgIpc) is 3.25. The molecule has 4 heteroatoms. The zero-order valence-corrected chi connectivity index (χ0v) is 17.4. The van der Waals surface area contributed by atoms with Crippen LogP contribution in [-0.2, 0) is 0 Å². The molecule has 5 rings (SSSR count). The van der Waals surface area contributed by atoms with Gasteiger partial charge in [-0.15, -0.1) is 0 Å². The summed E-state index contributed by atoms with van der Waals surface area (Å²) in [5.41, 5.74) is 5.79. The predicted molar refractivity (Wildman–Crippen MR) is 122 cm³/mol. The van der Waals surface area contributed by atoms with Gasteiger partial charge in [0.15, 0.2) is 0 Å². The summed E-state index contributed by atoms with van der Waals surface area (Å²) >= 11 is 3.34. The molecule has 0 bridgehead atoms. The maximum atomic E-state index is 9.61. The van der Waals surface area contributed by atoms with Gasteiger partial charge in [-0.25, -0.2) is 0 Å². The van der Waals surface area contributed by atoms with E-state index in [2.05, 4.69) is 86.9 Å². The minimum atomic E-state index is 0.229. The molecule has 2 aliphatic rings. The third-order valence-electron chi connectivity index (χ3n) is 5.86. The first kappa shape index (κ1) is 18.2. The zero-order valence-electron chi connectivity index (χ0n) is 15.8. The van der Waals surface area contributed by atoms with E-state index >= 15 is 0 Å². The fourth-order valence-electron chi connectivity index (χ4n) is 4.39. The summed E-state index contributed by atoms with van der Waals surface area (Å²) in [6.07, 6.45) is 7.60. The Kier molecular flexibility index (Phi) is 4.72. The molecule has 1 aliphatic carbocycles. The van der Waals surface area contributed by atoms with E-state index in [9.17, 15) is 5.11 Å². The second-order valence-corrected chi connectivity index (χ2v) is 8.48. The number of allylic oxidation sites excluding steroid dienone is 2. The first-order valence-electron chi connectivity index (χ1n) is 9.84. The van der Waals surface area contributed by atoms with E-state index in [1.54, 1.807) is 6.07 Å². The second-order valence-electron chi connectivity index (χ2n) is 7.62. The monoisotopic (exact) mass is 444 g/mol. The summed E-state index contributed by atoms with van der Waals surface area (Å²) in [5, 5.41) is 13.4. The van der Waals surface area contributed by atoms with Crippen LogP contribution in [0.4, 0.5) is 11.4 Å². The lowest BCUT2D eigenvalue weighted by Gasteiger charge is -2.37. The van der Waals surface area contributed by atoms with Crippen LogP contribution in [-0.4, -0.2) is 11.3 Å². The number of nitrogens with zero attached hydrogens (tertiary/aromatic N) is 1. The SMILES string of the molecule is Oc1ccc(C=Nc2ccc([C@@H]3Nc4ccccc4[C@H]4C=CC[C@@H]43)cc2)cc1Br. The normalized spacial score (nSPS) is 22.3. The molecule has 0 amide bonds. The minimum absolute atomic E-state index is 0.229. The fraction of sp³-hybridized carbons (Fsp3) is 0.160. The van der Waals surface area contributed by atoms with Gasteiger partial charge in [0.2, 0.25) is 0 Å². The van der Waals surface area contributed by atoms with Crippen LogP contribution < -0.4 is 5.32 Å². The van der Waals surface area contributed by atoms with Gasteiger partial charge >= 0.3 is 0 Å². The van der Waals surface area contributed by atoms with Crippen molar-refractivity contribution >= 4 is 33.5 Å². The molecule has 2 N–H and O–H groups in total. The highest BCUT2D eigenvalue weighted by atomic mass is 79.9. The van der Waals surface area contributed by atoms with Crippen molar-refractivity contribution in [2.75, 3.05) is 5.32 Å². The first-order valence-corrected chi connectivity index (χ1v) is 10.6. The van der Waals surface area contributed by atoms with Gasteiger partial charge in [0.25, 0.3) is 0 Å². The molecule has 0 saturated heterocycles. The molecule has 144 valence electrons. The number of hydrogen-bond acceptors (Lipinski definition) is 3. The lowest BCUT2D eigenvalue weighted by Crippen LogP contribution is -2.28. The van der Waals surface area contributed by atoms with Gasteiger partial charge in [-0.3, -0.25) is 4.99 Å². The van der Waals surface area contributed by atoms with Gasteiger partial charge in [0, 0.05) is 17.8 Å². The number of phenolic OH excluding ortho intramolecular Hbond substituents is 1. The van der Waals surface area contributed by atoms with E-state index in [4.69, 9.17) is 0 Å². The smallest absolute Gasteiger partial charge is 0.129 e. The number of nitrogens with one attached hydrogen (secondary N) is 1. The van der Waals surface area contributed by atoms with Crippen molar-refractivity contribution in [3.8, 4) is 5.75 Å². The van der Waals surface area contributed by atoms with Crippen LogP contribution in [0.25, 0.3) is 0 Å². The largest absolute Gasteiger partial charge is 0.507 e. The third-order valence-corrected chi connectivity index (χ3v) is 6.49. The summed E-state index contributed by atoms with van der Waals surface area (Å²) in [6.45, 7) is 0. The summed E-state index contributed by atoms with van der Waals surface area (Å²) in [5.74, 6) is 1.27. The summed E-state index contributed by atoms with van der Waals surface area (Å²) in [4.78, 5) is 4.58. The van der Waals surface area contributed by atoms with Gasteiger partial charge in [0.05, 0.1) is 16.2 Å². The van der Waals surface area contributed by atoms with Gasteiger partial charge in [-0.05, 0) is 81.4 Å². The Hall–Kier alpha value is -2.85. The highest BCUT2D eigenvalue weighted by molar-refractivity contribution is 9.10. The number of para-hydroxylation sites is 1. The number of hydrogen-bond donors (Lipinski definition) is 2. The fourth-order valence-corrected chi connectivity index (χ4v) is 4.79. The Morgan fingerprint density at radius 2 is 1.86 bits per heavy atom. The number of aliphatic imine (C=N–C) groups is 1. The molecule has 3 aromatic rings. The van der Waals surface area contributed by atoms with Crippen molar-refractivity contribution in [2.24, 2.45) is 10.9 Å². The van der Waals surface area contributed by atoms with Crippen LogP contribution in [0.15, 0.2) is 88.3 Å². The lowest BCUT2D eigenvalue weighted by atomic mass is 9.77. The van der Waals surface area contributed by atoms with E-state index < -0.39 is 0 Å². The van der Waals surface area contributed by atoms with Gasteiger partial charge in [-0.2, -0.15) is 0 Å². The molecule has 3 nitrogen and oxygen atoms in total. The minimum Gasteiger partial charge on any atom is -0.507 e. The number of anilines is 1. The van der Waals surface area contributed by atoms with Crippen LogP contribution >= 0.6 is 15.9 Å². The van der Waals surface area contributed by atoms with E-state index in [0.29, 0.717) is 22.4 Å². The van der Waals surface area contributed by atoms with Crippen LogP contribution in [0.2, 0.25) is 0 Å². The molecule has 0 unspecified atom stereocenters. The topological polar surface area (TPSA) is 44.6 Å². The standard InChI is InChI=1S/C25H21BrN2O/c26-22-14-16(8-13-24(22)29)15-27-18-11-9-17(10-12-18)25-21-6-3-5-19(21)20-4-1-2-7-23(20)28-25/h1-5,7-15,19,21,25,28-29H,6H2/t19-,21+,25+/m1/s1. The third kappa shape index (κ3) is 3.49. The average molecular weight is 445 g/mol. The number of phenols is 1. The zero-order chi connectivity index (χ0) is 19.8. The van der Waals surface area contributed by atoms with Crippen molar-refractivity contribution in [3.05, 3.63) is 100 Å². The van der Waals surface area contributed by atoms with Crippen molar-refractivity contribution in [1.82, 2.24) is 0 Å². The highest BCUT2D eigenvalue weighted by Gasteiger charge is 2.37. The van der Waals surface area contributed by atoms with Gasteiger partial charge in [0.1, 0.15) is 5.75 Å². The molecular weight excluding hydrogens is 424 g/mol. The number of halogens is 1. The molecule has 0 aromatic heterocycles. The second kappa shape index (κ2) is 7.53. The number of rotatable bonds is 3. The predicted octanol–water partition coefficient (Wildman–Crippen LogP) is 6.73. The maximum Gasteiger partial charge on any atom is 0.129 e. The Bertz CT molecular complexity index is 1100. The van der Waals surface area contributed by atoms with Gasteiger partial charge < -0.3 is 10.4 Å². The van der Waals surface area contributed by atoms with E-state index in [0.717, 1.165) is 17.7 Å². The molecule has 29 heavy (non-hydrogen) atoms. The number of fused-ring (bicyclic) bond motifs is 3. The van der Waals surface area contributed by atoms with E-state index in [1.807, 2.05) is 18.3 Å². The van der Waals surface area contributed by atoms with Crippen LogP contribution in [0.1, 0.15) is 35.1 Å². The molecule has 0 spiro atoms. The Labute approximate surface area is 179 Å². The Morgan fingerprint density at radius 1 is 1.03 bits per heavy atom. The summed E-state index contributed by atoms with van der Waals surface area (Å²) in [6, 6.07) is 22.8. The van der Waals surface area contributed by atoms with Gasteiger partial charge in [-0.1, -0.05) is 42.5 Å². The highest BCUT2D eigenvalue weighted by Crippen LogP contribution is 2.49. The molecule has 0 radical (unpaired) electrons. The lowest BCUT2D eigenvalue weighted by molar-refractivity contribution is 0.425. The molecule has 1 aliphatic heterocycles. The molecule has 3 aromatic carbocycles. The van der Waals surface area contributed by atoms with Crippen LogP contribution in [0, 0.1) is 5.92 Å². The summed E-state index contributed by atoms with van der Waals surface area (Å²) < 4.78 is 0.667. The first-order chi connectivity index (χ1) is 14.2. The summed E-state index contributed by atoms with van der Waals surface area (Å²) in [7, 11) is 0. The maximum absolute atomic E-state index is 9.61. The Morgan fingerprint density at radius 3 is 2.69 bits per heavy atom. The molecular formula is C25H21BrN2O. The molecule has 3 atom stereocenters. The van der Waals surface area contributed by atoms with Crippen LogP contribution in [0.5, 0.6) is 5.75 Å².